The molecule has 0 spiro atoms. The first-order valence-corrected chi connectivity index (χ1v) is 13.3. The van der Waals surface area contributed by atoms with Gasteiger partial charge in [0.1, 0.15) is 7.05 Å². The van der Waals surface area contributed by atoms with E-state index < -0.39 is 13.7 Å². The molecule has 1 nitrogen and oxygen atoms in total. The number of hydrogen-bond donors (Lipinski definition) is 0. The van der Waals surface area contributed by atoms with Crippen LogP contribution in [0.4, 0.5) is 0 Å². The van der Waals surface area contributed by atoms with E-state index >= 15 is 0 Å². The zero-order chi connectivity index (χ0) is 32.0. The second kappa shape index (κ2) is 8.40. The van der Waals surface area contributed by atoms with Crippen molar-refractivity contribution >= 4 is 10.8 Å². The monoisotopic (exact) mass is 502 g/mol. The highest BCUT2D eigenvalue weighted by Crippen LogP contribution is 2.57. The molecule has 0 aliphatic heterocycles. The largest absolute Gasteiger partial charge is 0.213 e. The minimum Gasteiger partial charge on any atom is -0.201 e. The van der Waals surface area contributed by atoms with Crippen LogP contribution >= 0.6 is 0 Å². The van der Waals surface area contributed by atoms with Gasteiger partial charge in [-0.15, -0.1) is 0 Å². The van der Waals surface area contributed by atoms with Crippen molar-refractivity contribution in [3.63, 3.8) is 0 Å². The summed E-state index contributed by atoms with van der Waals surface area (Å²) >= 11 is 0. The van der Waals surface area contributed by atoms with Crippen LogP contribution in [-0.2, 0) is 17.9 Å². The number of pyridine rings is 1. The van der Waals surface area contributed by atoms with Gasteiger partial charge in [-0.1, -0.05) is 94.4 Å². The third-order valence-electron chi connectivity index (χ3n) is 9.26. The van der Waals surface area contributed by atoms with Crippen LogP contribution in [-0.4, -0.2) is 0 Å². The Bertz CT molecular complexity index is 1960. The maximum absolute atomic E-state index is 8.33. The molecule has 0 bridgehead atoms. The second-order valence-corrected chi connectivity index (χ2v) is 11.8. The molecule has 1 aromatic heterocycles. The summed E-state index contributed by atoms with van der Waals surface area (Å²) in [7, 11) is 1.86. The van der Waals surface area contributed by atoms with Gasteiger partial charge in [0, 0.05) is 30.8 Å². The van der Waals surface area contributed by atoms with Crippen molar-refractivity contribution in [2.75, 3.05) is 0 Å². The van der Waals surface area contributed by atoms with Gasteiger partial charge in [-0.3, -0.25) is 0 Å². The maximum atomic E-state index is 8.33. The molecule has 0 atom stereocenters. The minimum absolute atomic E-state index is 0.123. The molecule has 0 fully saturated rings. The highest BCUT2D eigenvalue weighted by molar-refractivity contribution is 5.96. The number of fused-ring (bicyclic) bond motifs is 5. The van der Waals surface area contributed by atoms with E-state index in [2.05, 4.69) is 83.1 Å². The average molecular weight is 503 g/mol. The molecule has 1 aliphatic rings. The lowest BCUT2D eigenvalue weighted by atomic mass is 9.54. The Kier molecular flexibility index (Phi) is 4.09. The van der Waals surface area contributed by atoms with E-state index in [1.165, 1.54) is 33.0 Å². The van der Waals surface area contributed by atoms with Crippen LogP contribution in [0, 0.1) is 20.6 Å². The summed E-state index contributed by atoms with van der Waals surface area (Å²) in [6.45, 7) is 6.65. The van der Waals surface area contributed by atoms with Gasteiger partial charge in [0.2, 0.25) is 5.69 Å². The van der Waals surface area contributed by atoms with Crippen molar-refractivity contribution in [3.05, 3.63) is 113 Å². The number of benzene rings is 4. The molecule has 1 heteroatoms. The molecule has 0 unspecified atom stereocenters. The van der Waals surface area contributed by atoms with Crippen LogP contribution in [0.2, 0.25) is 0 Å². The van der Waals surface area contributed by atoms with Gasteiger partial charge >= 0.3 is 0 Å². The fraction of sp³-hybridized carbons (Fsp3) is 0.270. The number of rotatable bonds is 2. The summed E-state index contributed by atoms with van der Waals surface area (Å²) in [6.07, 6.45) is 1.64. The van der Waals surface area contributed by atoms with E-state index in [9.17, 15) is 0 Å². The molecule has 38 heavy (non-hydrogen) atoms. The number of aryl methyl sites for hydroxylation is 3. The molecule has 0 N–H and O–H groups in total. The van der Waals surface area contributed by atoms with Crippen LogP contribution in [0.1, 0.15) is 63.7 Å². The van der Waals surface area contributed by atoms with Crippen LogP contribution in [0.3, 0.4) is 0 Å². The Morgan fingerprint density at radius 2 is 1.26 bits per heavy atom. The zero-order valence-electron chi connectivity index (χ0n) is 29.0. The Labute approximate surface area is 236 Å². The van der Waals surface area contributed by atoms with Crippen molar-refractivity contribution in [2.24, 2.45) is 7.05 Å². The molecule has 0 saturated heterocycles. The fourth-order valence-electron chi connectivity index (χ4n) is 6.67. The number of hydrogen-bond acceptors (Lipinski definition) is 0. The van der Waals surface area contributed by atoms with E-state index in [4.69, 9.17) is 8.22 Å². The van der Waals surface area contributed by atoms with Crippen molar-refractivity contribution < 1.29 is 12.8 Å². The van der Waals surface area contributed by atoms with Gasteiger partial charge < -0.3 is 0 Å². The van der Waals surface area contributed by atoms with Gasteiger partial charge in [0.05, 0.1) is 0 Å². The summed E-state index contributed by atoms with van der Waals surface area (Å²) in [5, 5.41) is 2.51. The number of nitrogens with zero attached hydrogens (tertiary/aromatic N) is 1. The van der Waals surface area contributed by atoms with Crippen molar-refractivity contribution in [1.29, 1.82) is 0 Å². The maximum Gasteiger partial charge on any atom is 0.213 e. The molecule has 1 aliphatic carbocycles. The molecule has 1 heterocycles. The van der Waals surface area contributed by atoms with Gasteiger partial charge in [-0.2, -0.15) is 0 Å². The summed E-state index contributed by atoms with van der Waals surface area (Å²) in [5.74, 6) is 0. The molecule has 6 rings (SSSR count). The SMILES string of the molecule is [2H]C([2H])([2H])c1ccccc1-c1cc(-c2ccc3c(c2C)C(C)(C)C(C)(C)c2c-3ccc3ccccc23)[n+](C)cc1C([2H])([2H])[2H]. The van der Waals surface area contributed by atoms with Gasteiger partial charge in [0.15, 0.2) is 6.20 Å². The molecule has 0 radical (unpaired) electrons. The number of aromatic nitrogens is 1. The molecule has 0 amide bonds. The first-order valence-electron chi connectivity index (χ1n) is 16.3. The predicted molar refractivity (Wildman–Crippen MR) is 162 cm³/mol. The van der Waals surface area contributed by atoms with Crippen LogP contribution in [0.15, 0.2) is 85.1 Å². The normalized spacial score (nSPS) is 18.3. The Morgan fingerprint density at radius 1 is 0.632 bits per heavy atom. The Morgan fingerprint density at radius 3 is 2.05 bits per heavy atom. The van der Waals surface area contributed by atoms with E-state index in [1.54, 1.807) is 30.5 Å². The van der Waals surface area contributed by atoms with Gasteiger partial charge in [0.25, 0.3) is 0 Å². The third-order valence-corrected chi connectivity index (χ3v) is 9.26. The molecule has 190 valence electrons. The predicted octanol–water partition coefficient (Wildman–Crippen LogP) is 9.16. The van der Waals surface area contributed by atoms with Gasteiger partial charge in [-0.25, -0.2) is 4.57 Å². The highest BCUT2D eigenvalue weighted by Gasteiger charge is 2.47. The molecule has 0 saturated carbocycles. The third kappa shape index (κ3) is 3.34. The van der Waals surface area contributed by atoms with Crippen LogP contribution < -0.4 is 4.57 Å². The summed E-state index contributed by atoms with van der Waals surface area (Å²) < 4.78 is 51.3. The lowest BCUT2D eigenvalue weighted by Crippen LogP contribution is -2.44. The lowest BCUT2D eigenvalue weighted by molar-refractivity contribution is -0.660. The first kappa shape index (κ1) is 18.5. The molecular formula is C37H38N+. The highest BCUT2D eigenvalue weighted by atomic mass is 14.9. The fourth-order valence-corrected chi connectivity index (χ4v) is 6.67. The summed E-state index contributed by atoms with van der Waals surface area (Å²) in [4.78, 5) is 0. The van der Waals surface area contributed by atoms with Crippen molar-refractivity contribution in [3.8, 4) is 33.5 Å². The van der Waals surface area contributed by atoms with E-state index in [1.807, 2.05) is 17.7 Å². The summed E-state index contributed by atoms with van der Waals surface area (Å²) in [6, 6.07) is 26.0. The average Bonchev–Trinajstić information content (AvgIpc) is 2.94. The Hall–Kier alpha value is -3.71. The molecule has 4 aromatic carbocycles. The van der Waals surface area contributed by atoms with Crippen LogP contribution in [0.25, 0.3) is 44.3 Å². The topological polar surface area (TPSA) is 3.88 Å². The lowest BCUT2D eigenvalue weighted by Gasteiger charge is -2.49. The summed E-state index contributed by atoms with van der Waals surface area (Å²) in [5.41, 5.74) is 8.68. The van der Waals surface area contributed by atoms with Gasteiger partial charge in [-0.05, 0) is 87.4 Å². The van der Waals surface area contributed by atoms with E-state index in [-0.39, 0.29) is 22.0 Å². The second-order valence-electron chi connectivity index (χ2n) is 11.8. The van der Waals surface area contributed by atoms with Crippen LogP contribution in [0.5, 0.6) is 0 Å². The molecular weight excluding hydrogens is 458 g/mol. The molecule has 5 aromatic rings. The zero-order valence-corrected chi connectivity index (χ0v) is 23.0. The van der Waals surface area contributed by atoms with E-state index in [0.29, 0.717) is 11.1 Å². The minimum atomic E-state index is -2.43. The standard InChI is InChI=1S/C37H38N/c1-23-13-9-11-15-27(23)32-21-33(38(8)22-24(32)2)28-19-20-30-31-18-17-26-14-10-12-16-29(26)35(31)37(6,7)36(4,5)34(30)25(28)3/h9-22H,1-8H3/q+1/i1D3,2D3. The first-order chi connectivity index (χ1) is 20.5. The van der Waals surface area contributed by atoms with Crippen molar-refractivity contribution in [2.45, 2.75) is 59.2 Å². The van der Waals surface area contributed by atoms with E-state index in [0.717, 1.165) is 16.8 Å². The smallest absolute Gasteiger partial charge is 0.201 e. The Balaban J connectivity index is 1.65. The quantitative estimate of drug-likeness (QED) is 0.212. The van der Waals surface area contributed by atoms with Crippen molar-refractivity contribution in [1.82, 2.24) is 0 Å².